The van der Waals surface area contributed by atoms with Gasteiger partial charge < -0.3 is 4.90 Å². The molecule has 27 heavy (non-hydrogen) atoms. The summed E-state index contributed by atoms with van der Waals surface area (Å²) in [6.45, 7) is 6.18. The Morgan fingerprint density at radius 3 is 2.78 bits per heavy atom. The van der Waals surface area contributed by atoms with E-state index in [2.05, 4.69) is 26.9 Å². The summed E-state index contributed by atoms with van der Waals surface area (Å²) >= 11 is 0. The molecule has 146 valence electrons. The van der Waals surface area contributed by atoms with Crippen LogP contribution in [0.15, 0.2) is 16.9 Å². The normalized spacial score (nSPS) is 25.4. The average molecular weight is 372 g/mol. The topological polar surface area (TPSA) is 77.0 Å². The molecule has 1 amide bonds. The first-order valence-electron chi connectivity index (χ1n) is 9.62. The molecule has 0 unspecified atom stereocenters. The van der Waals surface area contributed by atoms with Crippen LogP contribution in [0.25, 0.3) is 5.65 Å². The summed E-state index contributed by atoms with van der Waals surface area (Å²) in [5.74, 6) is 0.236. The lowest BCUT2D eigenvalue weighted by Crippen LogP contribution is -2.60. The molecule has 2 aromatic rings. The maximum absolute atomic E-state index is 12.3. The SMILES string of the molecule is Cc1cc2nc(CN3CCN(C)[C@@]4(CCC(=O)N(C)CC4)C3)cc(=O)n2[nH]1. The van der Waals surface area contributed by atoms with E-state index in [1.54, 1.807) is 6.07 Å². The Balaban J connectivity index is 1.55. The molecule has 2 aromatic heterocycles. The first kappa shape index (κ1) is 18.2. The van der Waals surface area contributed by atoms with Crippen LogP contribution in [-0.4, -0.2) is 81.0 Å². The minimum Gasteiger partial charge on any atom is -0.346 e. The van der Waals surface area contributed by atoms with Crippen molar-refractivity contribution >= 4 is 11.6 Å². The van der Waals surface area contributed by atoms with Gasteiger partial charge in [0.15, 0.2) is 5.65 Å². The molecule has 4 rings (SSSR count). The van der Waals surface area contributed by atoms with Gasteiger partial charge in [-0.15, -0.1) is 0 Å². The standard InChI is InChI=1S/C19H28N6O2/c1-14-10-16-20-15(11-18(27)25(16)21-14)12-24-9-8-23(3)19(13-24)5-4-17(26)22(2)7-6-19/h10-11,21H,4-9,12-13H2,1-3H3/t19-/m1/s1. The molecule has 1 N–H and O–H groups in total. The number of aromatic nitrogens is 3. The van der Waals surface area contributed by atoms with Crippen LogP contribution < -0.4 is 5.56 Å². The number of aromatic amines is 1. The molecule has 0 saturated carbocycles. The Morgan fingerprint density at radius 2 is 1.96 bits per heavy atom. The fourth-order valence-corrected chi connectivity index (χ4v) is 4.45. The first-order chi connectivity index (χ1) is 12.9. The van der Waals surface area contributed by atoms with Crippen LogP contribution in [0.4, 0.5) is 0 Å². The molecule has 1 atom stereocenters. The van der Waals surface area contributed by atoms with Gasteiger partial charge in [-0.25, -0.2) is 9.50 Å². The largest absolute Gasteiger partial charge is 0.346 e. The molecule has 2 aliphatic rings. The third-order valence-electron chi connectivity index (χ3n) is 6.24. The third kappa shape index (κ3) is 3.39. The van der Waals surface area contributed by atoms with Crippen molar-refractivity contribution in [3.8, 4) is 0 Å². The molecule has 2 fully saturated rings. The van der Waals surface area contributed by atoms with Crippen molar-refractivity contribution in [3.05, 3.63) is 33.9 Å². The van der Waals surface area contributed by atoms with Crippen molar-refractivity contribution in [3.63, 3.8) is 0 Å². The average Bonchev–Trinajstić information content (AvgIpc) is 2.94. The number of nitrogens with zero attached hydrogens (tertiary/aromatic N) is 5. The molecule has 0 bridgehead atoms. The minimum absolute atomic E-state index is 0.0164. The van der Waals surface area contributed by atoms with Crippen LogP contribution in [0.3, 0.4) is 0 Å². The molecule has 8 nitrogen and oxygen atoms in total. The van der Waals surface area contributed by atoms with Gasteiger partial charge in [-0.2, -0.15) is 0 Å². The number of hydrogen-bond donors (Lipinski definition) is 1. The summed E-state index contributed by atoms with van der Waals surface area (Å²) in [5.41, 5.74) is 2.33. The van der Waals surface area contributed by atoms with Gasteiger partial charge in [0, 0.05) is 69.6 Å². The maximum Gasteiger partial charge on any atom is 0.272 e. The van der Waals surface area contributed by atoms with Crippen molar-refractivity contribution in [2.45, 2.75) is 38.3 Å². The van der Waals surface area contributed by atoms with Gasteiger partial charge in [0.1, 0.15) is 0 Å². The van der Waals surface area contributed by atoms with Crippen LogP contribution >= 0.6 is 0 Å². The number of likely N-dealkylation sites (N-methyl/N-ethyl adjacent to an activating group) is 1. The molecule has 8 heteroatoms. The highest BCUT2D eigenvalue weighted by atomic mass is 16.2. The fraction of sp³-hybridized carbons (Fsp3) is 0.632. The van der Waals surface area contributed by atoms with Crippen LogP contribution in [0.2, 0.25) is 0 Å². The lowest BCUT2D eigenvalue weighted by atomic mass is 9.86. The van der Waals surface area contributed by atoms with Gasteiger partial charge in [-0.3, -0.25) is 24.5 Å². The number of piperazine rings is 1. The predicted octanol–water partition coefficient (Wildman–Crippen LogP) is 0.460. The zero-order chi connectivity index (χ0) is 19.2. The van der Waals surface area contributed by atoms with Crippen LogP contribution in [0.1, 0.15) is 30.7 Å². The van der Waals surface area contributed by atoms with Gasteiger partial charge in [0.25, 0.3) is 5.56 Å². The molecular weight excluding hydrogens is 344 g/mol. The summed E-state index contributed by atoms with van der Waals surface area (Å²) in [6.07, 6.45) is 2.46. The number of rotatable bonds is 2. The predicted molar refractivity (Wildman–Crippen MR) is 103 cm³/mol. The highest BCUT2D eigenvalue weighted by Crippen LogP contribution is 2.32. The zero-order valence-electron chi connectivity index (χ0n) is 16.4. The number of aryl methyl sites for hydroxylation is 1. The summed E-state index contributed by atoms with van der Waals surface area (Å²) in [5, 5.41) is 3.01. The number of fused-ring (bicyclic) bond motifs is 1. The smallest absolute Gasteiger partial charge is 0.272 e. The van der Waals surface area contributed by atoms with Crippen molar-refractivity contribution in [2.75, 3.05) is 40.3 Å². The van der Waals surface area contributed by atoms with Crippen molar-refractivity contribution in [1.29, 1.82) is 0 Å². The van der Waals surface area contributed by atoms with E-state index in [0.29, 0.717) is 18.6 Å². The number of carbonyl (C=O) groups excluding carboxylic acids is 1. The van der Waals surface area contributed by atoms with E-state index in [1.165, 1.54) is 4.52 Å². The number of nitrogens with one attached hydrogen (secondary N) is 1. The number of carbonyl (C=O) groups is 1. The highest BCUT2D eigenvalue weighted by molar-refractivity contribution is 5.76. The summed E-state index contributed by atoms with van der Waals surface area (Å²) < 4.78 is 1.48. The molecule has 0 aliphatic carbocycles. The first-order valence-corrected chi connectivity index (χ1v) is 9.62. The minimum atomic E-state index is -0.0753. The monoisotopic (exact) mass is 372 g/mol. The van der Waals surface area contributed by atoms with E-state index in [9.17, 15) is 9.59 Å². The van der Waals surface area contributed by atoms with Gasteiger partial charge in [0.2, 0.25) is 5.91 Å². The maximum atomic E-state index is 12.3. The van der Waals surface area contributed by atoms with Crippen LogP contribution in [0, 0.1) is 6.92 Å². The Morgan fingerprint density at radius 1 is 1.15 bits per heavy atom. The molecule has 2 saturated heterocycles. The Labute approximate surface area is 158 Å². The lowest BCUT2D eigenvalue weighted by molar-refractivity contribution is -0.129. The molecule has 1 spiro atoms. The summed E-state index contributed by atoms with van der Waals surface area (Å²) in [4.78, 5) is 35.8. The second kappa shape index (κ2) is 6.76. The Bertz CT molecular complexity index is 919. The number of H-pyrrole nitrogens is 1. The van der Waals surface area contributed by atoms with Gasteiger partial charge in [-0.1, -0.05) is 0 Å². The van der Waals surface area contributed by atoms with E-state index in [1.807, 2.05) is 24.9 Å². The second-order valence-corrected chi connectivity index (χ2v) is 8.14. The van der Waals surface area contributed by atoms with E-state index < -0.39 is 0 Å². The number of hydrogen-bond acceptors (Lipinski definition) is 5. The summed E-state index contributed by atoms with van der Waals surface area (Å²) in [7, 11) is 4.07. The van der Waals surface area contributed by atoms with Gasteiger partial charge in [-0.05, 0) is 26.8 Å². The van der Waals surface area contributed by atoms with E-state index in [-0.39, 0.29) is 17.0 Å². The highest BCUT2D eigenvalue weighted by Gasteiger charge is 2.41. The zero-order valence-corrected chi connectivity index (χ0v) is 16.4. The van der Waals surface area contributed by atoms with Gasteiger partial charge >= 0.3 is 0 Å². The summed E-state index contributed by atoms with van der Waals surface area (Å²) in [6, 6.07) is 3.52. The second-order valence-electron chi connectivity index (χ2n) is 8.14. The quantitative estimate of drug-likeness (QED) is 0.829. The molecule has 0 aromatic carbocycles. The third-order valence-corrected chi connectivity index (χ3v) is 6.24. The van der Waals surface area contributed by atoms with Crippen molar-refractivity contribution in [2.24, 2.45) is 0 Å². The number of likely N-dealkylation sites (tertiary alicyclic amines) is 1. The van der Waals surface area contributed by atoms with Crippen LogP contribution in [0.5, 0.6) is 0 Å². The molecule has 4 heterocycles. The van der Waals surface area contributed by atoms with E-state index >= 15 is 0 Å². The van der Waals surface area contributed by atoms with E-state index in [4.69, 9.17) is 0 Å². The Kier molecular flexibility index (Phi) is 4.55. The lowest BCUT2D eigenvalue weighted by Gasteiger charge is -2.49. The molecule has 2 aliphatic heterocycles. The van der Waals surface area contributed by atoms with Crippen molar-refractivity contribution in [1.82, 2.24) is 29.3 Å². The number of amides is 1. The van der Waals surface area contributed by atoms with E-state index in [0.717, 1.165) is 50.4 Å². The van der Waals surface area contributed by atoms with Crippen molar-refractivity contribution < 1.29 is 4.79 Å². The molecule has 0 radical (unpaired) electrons. The van der Waals surface area contributed by atoms with Crippen LogP contribution in [-0.2, 0) is 11.3 Å². The Hall–Kier alpha value is -2.19. The fourth-order valence-electron chi connectivity index (χ4n) is 4.45. The van der Waals surface area contributed by atoms with Gasteiger partial charge in [0.05, 0.1) is 5.69 Å². The molecular formula is C19H28N6O2.